The monoisotopic (exact) mass is 386 g/mol. The number of hydrogen-bond acceptors (Lipinski definition) is 2. The van der Waals surface area contributed by atoms with Crippen molar-refractivity contribution in [3.63, 3.8) is 0 Å². The molecule has 0 N–H and O–H groups in total. The van der Waals surface area contributed by atoms with Crippen molar-refractivity contribution in [2.75, 3.05) is 0 Å². The van der Waals surface area contributed by atoms with Crippen LogP contribution in [0.5, 0.6) is 0 Å². The van der Waals surface area contributed by atoms with Crippen molar-refractivity contribution in [1.82, 2.24) is 0 Å². The quantitative estimate of drug-likeness (QED) is 0.391. The minimum atomic E-state index is -0.0968. The van der Waals surface area contributed by atoms with E-state index in [4.69, 9.17) is 16.0 Å². The van der Waals surface area contributed by atoms with Crippen LogP contribution in [0.4, 0.5) is 0 Å². The lowest BCUT2D eigenvalue weighted by molar-refractivity contribution is 0.104. The third kappa shape index (κ3) is 3.81. The number of hydrogen-bond donors (Lipinski definition) is 0. The number of carbonyl (C=O) groups excluding carboxylic acids is 1. The lowest BCUT2D eigenvalue weighted by atomic mass is 10.1. The van der Waals surface area contributed by atoms with Crippen LogP contribution >= 0.6 is 27.5 Å². The van der Waals surface area contributed by atoms with Crippen molar-refractivity contribution in [3.05, 3.63) is 87.6 Å². The average Bonchev–Trinajstić information content (AvgIpc) is 3.02. The van der Waals surface area contributed by atoms with Crippen LogP contribution in [-0.2, 0) is 0 Å². The Labute approximate surface area is 147 Å². The fourth-order valence-corrected chi connectivity index (χ4v) is 2.72. The van der Waals surface area contributed by atoms with Gasteiger partial charge in [-0.15, -0.1) is 0 Å². The van der Waals surface area contributed by atoms with Gasteiger partial charge in [-0.1, -0.05) is 45.7 Å². The molecule has 4 heteroatoms. The molecule has 2 aromatic carbocycles. The molecule has 0 aliphatic carbocycles. The van der Waals surface area contributed by atoms with Crippen molar-refractivity contribution >= 4 is 39.4 Å². The normalized spacial score (nSPS) is 11.0. The zero-order valence-corrected chi connectivity index (χ0v) is 14.3. The molecule has 1 heterocycles. The van der Waals surface area contributed by atoms with Crippen molar-refractivity contribution in [1.29, 1.82) is 0 Å². The maximum Gasteiger partial charge on any atom is 0.185 e. The molecule has 0 saturated heterocycles. The van der Waals surface area contributed by atoms with Crippen molar-refractivity contribution < 1.29 is 9.21 Å². The summed E-state index contributed by atoms with van der Waals surface area (Å²) in [6.07, 6.45) is 3.16. The van der Waals surface area contributed by atoms with Gasteiger partial charge in [-0.3, -0.25) is 4.79 Å². The smallest absolute Gasteiger partial charge is 0.185 e. The summed E-state index contributed by atoms with van der Waals surface area (Å²) < 4.78 is 6.73. The minimum Gasteiger partial charge on any atom is -0.457 e. The highest BCUT2D eigenvalue weighted by Gasteiger charge is 2.07. The molecular weight excluding hydrogens is 376 g/mol. The molecule has 0 spiro atoms. The Bertz CT molecular complexity index is 863. The van der Waals surface area contributed by atoms with E-state index in [0.717, 1.165) is 15.8 Å². The molecular formula is C19H12BrClO2. The summed E-state index contributed by atoms with van der Waals surface area (Å²) in [4.78, 5) is 12.1. The largest absolute Gasteiger partial charge is 0.457 e. The third-order valence-electron chi connectivity index (χ3n) is 3.29. The Balaban J connectivity index is 1.77. The lowest BCUT2D eigenvalue weighted by Gasteiger charge is -1.99. The Morgan fingerprint density at radius 1 is 1.00 bits per heavy atom. The van der Waals surface area contributed by atoms with Gasteiger partial charge in [-0.2, -0.15) is 0 Å². The summed E-state index contributed by atoms with van der Waals surface area (Å²) >= 11 is 9.31. The second-order valence-corrected chi connectivity index (χ2v) is 6.18. The van der Waals surface area contributed by atoms with Gasteiger partial charge in [0.25, 0.3) is 0 Å². The van der Waals surface area contributed by atoms with Crippen LogP contribution in [0.2, 0.25) is 5.02 Å². The Morgan fingerprint density at radius 3 is 2.48 bits per heavy atom. The molecule has 0 bridgehead atoms. The molecule has 0 saturated carbocycles. The van der Waals surface area contributed by atoms with Crippen LogP contribution < -0.4 is 0 Å². The molecule has 114 valence electrons. The van der Waals surface area contributed by atoms with Gasteiger partial charge in [0.2, 0.25) is 0 Å². The highest BCUT2D eigenvalue weighted by Crippen LogP contribution is 2.29. The number of furan rings is 1. The number of benzene rings is 2. The van der Waals surface area contributed by atoms with Gasteiger partial charge in [-0.25, -0.2) is 0 Å². The Hall–Kier alpha value is -2.10. The first-order valence-corrected chi connectivity index (χ1v) is 8.13. The SMILES string of the molecule is O=C(C=Cc1ccc(-c2ccccc2Br)o1)c1ccc(Cl)cc1. The number of rotatable bonds is 4. The van der Waals surface area contributed by atoms with E-state index in [1.54, 1.807) is 30.3 Å². The molecule has 2 nitrogen and oxygen atoms in total. The second kappa shape index (κ2) is 6.99. The third-order valence-corrected chi connectivity index (χ3v) is 4.24. The summed E-state index contributed by atoms with van der Waals surface area (Å²) in [5, 5.41) is 0.606. The summed E-state index contributed by atoms with van der Waals surface area (Å²) in [6, 6.07) is 18.3. The summed E-state index contributed by atoms with van der Waals surface area (Å²) in [5.41, 5.74) is 1.56. The molecule has 23 heavy (non-hydrogen) atoms. The van der Waals surface area contributed by atoms with E-state index in [-0.39, 0.29) is 5.78 Å². The van der Waals surface area contributed by atoms with E-state index >= 15 is 0 Å². The van der Waals surface area contributed by atoms with Crippen LogP contribution in [0, 0.1) is 0 Å². The zero-order chi connectivity index (χ0) is 16.2. The van der Waals surface area contributed by atoms with Crippen LogP contribution in [0.15, 0.2) is 75.6 Å². The molecule has 1 aromatic heterocycles. The lowest BCUT2D eigenvalue weighted by Crippen LogP contribution is -1.92. The molecule has 0 radical (unpaired) electrons. The molecule has 3 aromatic rings. The number of ketones is 1. The van der Waals surface area contributed by atoms with Gasteiger partial charge >= 0.3 is 0 Å². The standard InChI is InChI=1S/C19H12BrClO2/c20-17-4-2-1-3-16(17)19-12-10-15(23-19)9-11-18(22)13-5-7-14(21)8-6-13/h1-12H. The molecule has 3 rings (SSSR count). The van der Waals surface area contributed by atoms with Crippen LogP contribution in [0.1, 0.15) is 16.1 Å². The van der Waals surface area contributed by atoms with Gasteiger partial charge in [0.1, 0.15) is 11.5 Å². The highest BCUT2D eigenvalue weighted by atomic mass is 79.9. The Kier molecular flexibility index (Phi) is 4.79. The van der Waals surface area contributed by atoms with Crippen LogP contribution in [0.3, 0.4) is 0 Å². The van der Waals surface area contributed by atoms with E-state index in [1.165, 1.54) is 6.08 Å². The molecule has 0 aliphatic heterocycles. The van der Waals surface area contributed by atoms with E-state index in [1.807, 2.05) is 36.4 Å². The van der Waals surface area contributed by atoms with Gasteiger partial charge < -0.3 is 4.42 Å². The maximum absolute atomic E-state index is 12.1. The predicted octanol–water partition coefficient (Wildman–Crippen LogP) is 6.26. The van der Waals surface area contributed by atoms with Crippen LogP contribution in [0.25, 0.3) is 17.4 Å². The van der Waals surface area contributed by atoms with E-state index in [2.05, 4.69) is 15.9 Å². The minimum absolute atomic E-state index is 0.0968. The summed E-state index contributed by atoms with van der Waals surface area (Å²) in [5.74, 6) is 1.27. The van der Waals surface area contributed by atoms with E-state index < -0.39 is 0 Å². The first kappa shape index (κ1) is 15.8. The topological polar surface area (TPSA) is 30.2 Å². The number of halogens is 2. The fraction of sp³-hybridized carbons (Fsp3) is 0. The first-order chi connectivity index (χ1) is 11.1. The highest BCUT2D eigenvalue weighted by molar-refractivity contribution is 9.10. The fourth-order valence-electron chi connectivity index (χ4n) is 2.12. The maximum atomic E-state index is 12.1. The average molecular weight is 388 g/mol. The zero-order valence-electron chi connectivity index (χ0n) is 12.0. The predicted molar refractivity (Wildman–Crippen MR) is 96.7 cm³/mol. The van der Waals surface area contributed by atoms with Crippen molar-refractivity contribution in [2.24, 2.45) is 0 Å². The molecule has 0 fully saturated rings. The second-order valence-electron chi connectivity index (χ2n) is 4.89. The summed E-state index contributed by atoms with van der Waals surface area (Å²) in [6.45, 7) is 0. The van der Waals surface area contributed by atoms with Crippen molar-refractivity contribution in [3.8, 4) is 11.3 Å². The molecule has 0 atom stereocenters. The Morgan fingerprint density at radius 2 is 1.74 bits per heavy atom. The van der Waals surface area contributed by atoms with Gasteiger partial charge in [0.15, 0.2) is 5.78 Å². The van der Waals surface area contributed by atoms with Crippen molar-refractivity contribution in [2.45, 2.75) is 0 Å². The van der Waals surface area contributed by atoms with Gasteiger partial charge in [0.05, 0.1) is 0 Å². The molecule has 0 aliphatic rings. The van der Waals surface area contributed by atoms with Crippen LogP contribution in [-0.4, -0.2) is 5.78 Å². The first-order valence-electron chi connectivity index (χ1n) is 6.96. The van der Waals surface area contributed by atoms with E-state index in [0.29, 0.717) is 16.3 Å². The molecule has 0 unspecified atom stereocenters. The van der Waals surface area contributed by atoms with E-state index in [9.17, 15) is 4.79 Å². The number of allylic oxidation sites excluding steroid dienone is 1. The number of carbonyl (C=O) groups is 1. The molecule has 0 amide bonds. The summed E-state index contributed by atoms with van der Waals surface area (Å²) in [7, 11) is 0. The van der Waals surface area contributed by atoms with Gasteiger partial charge in [0, 0.05) is 20.6 Å². The van der Waals surface area contributed by atoms with Gasteiger partial charge in [-0.05, 0) is 54.6 Å².